The fourth-order valence-corrected chi connectivity index (χ4v) is 3.50. The zero-order chi connectivity index (χ0) is 11.3. The minimum Gasteiger partial charge on any atom is -0.463 e. The van der Waals surface area contributed by atoms with Gasteiger partial charge in [-0.2, -0.15) is 0 Å². The molecule has 5 heterocycles. The van der Waals surface area contributed by atoms with E-state index in [1.54, 1.807) is 6.26 Å². The molecular weight excluding hydrogens is 216 g/mol. The van der Waals surface area contributed by atoms with Gasteiger partial charge in [0.15, 0.2) is 11.4 Å². The highest BCUT2D eigenvalue weighted by atomic mass is 16.7. The van der Waals surface area contributed by atoms with Crippen LogP contribution in [0.25, 0.3) is 0 Å². The highest BCUT2D eigenvalue weighted by molar-refractivity contribution is 5.99. The maximum absolute atomic E-state index is 5.84. The van der Waals surface area contributed by atoms with Crippen LogP contribution in [-0.4, -0.2) is 35.8 Å². The molecule has 0 N–H and O–H groups in total. The van der Waals surface area contributed by atoms with Crippen molar-refractivity contribution in [2.24, 2.45) is 11.1 Å². The molecule has 4 heteroatoms. The molecular formula is C13H16N2O2. The maximum atomic E-state index is 5.84. The Morgan fingerprint density at radius 2 is 2.24 bits per heavy atom. The van der Waals surface area contributed by atoms with Gasteiger partial charge in [-0.15, -0.1) is 0 Å². The summed E-state index contributed by atoms with van der Waals surface area (Å²) in [4.78, 5) is 8.34. The Bertz CT molecular complexity index is 446. The molecule has 1 unspecified atom stereocenters. The van der Waals surface area contributed by atoms with Crippen molar-refractivity contribution in [3.05, 3.63) is 24.2 Å². The molecule has 4 aliphatic rings. The van der Waals surface area contributed by atoms with E-state index >= 15 is 0 Å². The summed E-state index contributed by atoms with van der Waals surface area (Å²) < 4.78 is 5.41. The van der Waals surface area contributed by atoms with Gasteiger partial charge >= 0.3 is 0 Å². The molecule has 4 aliphatic heterocycles. The highest BCUT2D eigenvalue weighted by Crippen LogP contribution is 2.44. The lowest BCUT2D eigenvalue weighted by Gasteiger charge is -2.49. The summed E-state index contributed by atoms with van der Waals surface area (Å²) in [5, 5.41) is 4.27. The van der Waals surface area contributed by atoms with Gasteiger partial charge < -0.3 is 9.25 Å². The topological polar surface area (TPSA) is 38.0 Å². The largest absolute Gasteiger partial charge is 0.463 e. The number of oxime groups is 1. The zero-order valence-corrected chi connectivity index (χ0v) is 9.76. The molecule has 1 atom stereocenters. The third-order valence-electron chi connectivity index (χ3n) is 4.43. The number of piperidine rings is 3. The number of furan rings is 1. The molecule has 1 aromatic heterocycles. The lowest BCUT2D eigenvalue weighted by Crippen LogP contribution is -2.59. The number of hydrogen-bond donors (Lipinski definition) is 0. The van der Waals surface area contributed by atoms with Crippen LogP contribution in [0, 0.1) is 5.92 Å². The first-order valence-corrected chi connectivity index (χ1v) is 6.37. The maximum Gasteiger partial charge on any atom is 0.158 e. The molecule has 3 fully saturated rings. The van der Waals surface area contributed by atoms with E-state index in [1.165, 1.54) is 25.9 Å². The molecule has 1 aromatic rings. The summed E-state index contributed by atoms with van der Waals surface area (Å²) in [6.07, 6.45) is 5.10. The quantitative estimate of drug-likeness (QED) is 0.742. The molecule has 2 bridgehead atoms. The molecule has 17 heavy (non-hydrogen) atoms. The Hall–Kier alpha value is -1.29. The van der Waals surface area contributed by atoms with Crippen molar-refractivity contribution in [2.75, 3.05) is 19.6 Å². The molecule has 0 aliphatic carbocycles. The Kier molecular flexibility index (Phi) is 1.92. The van der Waals surface area contributed by atoms with Crippen molar-refractivity contribution in [1.82, 2.24) is 4.90 Å². The second-order valence-electron chi connectivity index (χ2n) is 5.40. The number of rotatable bonds is 1. The van der Waals surface area contributed by atoms with E-state index in [0.29, 0.717) is 5.92 Å². The van der Waals surface area contributed by atoms with Gasteiger partial charge in [0.05, 0.1) is 6.26 Å². The predicted molar refractivity (Wildman–Crippen MR) is 62.8 cm³/mol. The van der Waals surface area contributed by atoms with Gasteiger partial charge in [0, 0.05) is 18.9 Å². The molecule has 1 spiro atoms. The third kappa shape index (κ3) is 1.37. The lowest BCUT2D eigenvalue weighted by atomic mass is 9.73. The third-order valence-corrected chi connectivity index (χ3v) is 4.43. The van der Waals surface area contributed by atoms with Crippen molar-refractivity contribution in [2.45, 2.75) is 24.9 Å². The van der Waals surface area contributed by atoms with E-state index in [-0.39, 0.29) is 5.60 Å². The van der Waals surface area contributed by atoms with Gasteiger partial charge in [-0.3, -0.25) is 4.90 Å². The van der Waals surface area contributed by atoms with Crippen LogP contribution in [0.2, 0.25) is 0 Å². The van der Waals surface area contributed by atoms with E-state index < -0.39 is 0 Å². The predicted octanol–water partition coefficient (Wildman–Crippen LogP) is 1.87. The standard InChI is InChI=1S/C13H16N2O2/c1-2-12(16-7-1)11-8-13(17-14-11)9-15-5-3-10(13)4-6-15/h1-2,7,10H,3-6,8-9H2. The second kappa shape index (κ2) is 3.35. The van der Waals surface area contributed by atoms with Crippen LogP contribution in [0.4, 0.5) is 0 Å². The second-order valence-corrected chi connectivity index (χ2v) is 5.40. The SMILES string of the molecule is c1coc(C2=NOC3(C2)CN2CCC3CC2)c1. The van der Waals surface area contributed by atoms with Crippen LogP contribution in [-0.2, 0) is 4.84 Å². The monoisotopic (exact) mass is 232 g/mol. The summed E-state index contributed by atoms with van der Waals surface area (Å²) >= 11 is 0. The normalized spacial score (nSPS) is 39.4. The Balaban J connectivity index is 1.60. The number of hydrogen-bond acceptors (Lipinski definition) is 4. The van der Waals surface area contributed by atoms with Crippen molar-refractivity contribution >= 4 is 5.71 Å². The van der Waals surface area contributed by atoms with Crippen LogP contribution in [0.5, 0.6) is 0 Å². The average molecular weight is 232 g/mol. The molecule has 4 nitrogen and oxygen atoms in total. The minimum atomic E-state index is -0.0569. The molecule has 5 rings (SSSR count). The van der Waals surface area contributed by atoms with Crippen molar-refractivity contribution < 1.29 is 9.25 Å². The Morgan fingerprint density at radius 1 is 1.35 bits per heavy atom. The molecule has 0 radical (unpaired) electrons. The first kappa shape index (κ1) is 9.71. The van der Waals surface area contributed by atoms with E-state index in [9.17, 15) is 0 Å². The Labute approximate surface area is 100 Å². The van der Waals surface area contributed by atoms with Crippen molar-refractivity contribution in [1.29, 1.82) is 0 Å². The van der Waals surface area contributed by atoms with Gasteiger partial charge in [-0.1, -0.05) is 5.16 Å². The number of nitrogens with zero attached hydrogens (tertiary/aromatic N) is 2. The highest BCUT2D eigenvalue weighted by Gasteiger charge is 2.52. The minimum absolute atomic E-state index is 0.0569. The summed E-state index contributed by atoms with van der Waals surface area (Å²) in [7, 11) is 0. The fraction of sp³-hybridized carbons (Fsp3) is 0.615. The van der Waals surface area contributed by atoms with Crippen molar-refractivity contribution in [3.8, 4) is 0 Å². The van der Waals surface area contributed by atoms with Gasteiger partial charge in [0.2, 0.25) is 0 Å². The smallest absolute Gasteiger partial charge is 0.158 e. The fourth-order valence-electron chi connectivity index (χ4n) is 3.50. The van der Waals surface area contributed by atoms with Crippen LogP contribution >= 0.6 is 0 Å². The van der Waals surface area contributed by atoms with Gasteiger partial charge in [-0.05, 0) is 38.1 Å². The van der Waals surface area contributed by atoms with E-state index in [4.69, 9.17) is 9.25 Å². The first-order valence-electron chi connectivity index (χ1n) is 6.37. The molecule has 3 saturated heterocycles. The van der Waals surface area contributed by atoms with Crippen LogP contribution in [0.1, 0.15) is 25.0 Å². The number of fused-ring (bicyclic) bond motifs is 2. The average Bonchev–Trinajstić information content (AvgIpc) is 3.00. The van der Waals surface area contributed by atoms with Gasteiger partial charge in [-0.25, -0.2) is 0 Å². The summed E-state index contributed by atoms with van der Waals surface area (Å²) in [6.45, 7) is 3.49. The molecule has 0 amide bonds. The van der Waals surface area contributed by atoms with Crippen LogP contribution in [0.3, 0.4) is 0 Å². The van der Waals surface area contributed by atoms with E-state index in [1.807, 2.05) is 12.1 Å². The summed E-state index contributed by atoms with van der Waals surface area (Å²) in [5.41, 5.74) is 0.919. The molecule has 0 aromatic carbocycles. The van der Waals surface area contributed by atoms with Crippen molar-refractivity contribution in [3.63, 3.8) is 0 Å². The zero-order valence-electron chi connectivity index (χ0n) is 9.76. The molecule has 90 valence electrons. The molecule has 0 saturated carbocycles. The lowest BCUT2D eigenvalue weighted by molar-refractivity contribution is -0.136. The summed E-state index contributed by atoms with van der Waals surface area (Å²) in [5.74, 6) is 1.53. The van der Waals surface area contributed by atoms with Gasteiger partial charge in [0.1, 0.15) is 5.71 Å². The van der Waals surface area contributed by atoms with Gasteiger partial charge in [0.25, 0.3) is 0 Å². The van der Waals surface area contributed by atoms with Crippen LogP contribution < -0.4 is 0 Å². The van der Waals surface area contributed by atoms with E-state index in [2.05, 4.69) is 10.1 Å². The Morgan fingerprint density at radius 3 is 2.88 bits per heavy atom. The van der Waals surface area contributed by atoms with Crippen LogP contribution in [0.15, 0.2) is 28.0 Å². The first-order chi connectivity index (χ1) is 8.36. The summed E-state index contributed by atoms with van der Waals surface area (Å²) in [6, 6.07) is 3.86. The van der Waals surface area contributed by atoms with E-state index in [0.717, 1.165) is 24.4 Å².